The Morgan fingerprint density at radius 2 is 1.78 bits per heavy atom. The van der Waals surface area contributed by atoms with Gasteiger partial charge in [0, 0.05) is 31.6 Å². The van der Waals surface area contributed by atoms with Crippen molar-refractivity contribution in [1.29, 1.82) is 0 Å². The highest BCUT2D eigenvalue weighted by Gasteiger charge is 2.37. The monoisotopic (exact) mass is 449 g/mol. The Balaban J connectivity index is 1.53. The summed E-state index contributed by atoms with van der Waals surface area (Å²) in [5.74, 6) is -1.22. The number of hydrogen-bond donors (Lipinski definition) is 2. The minimum Gasteiger partial charge on any atom is -0.454 e. The standard InChI is InChI=1S/C21H18F3N3O5/c1-11(28)25-15-4-2-13(21(22,23)24)7-16(15)26-20(30)12-6-19(29)27(9-12)14-3-5-17-18(8-14)32-10-31-17/h2-5,7-8,12H,6,9-10H2,1H3,(H,25,28)(H,26,30). The van der Waals surface area contributed by atoms with Crippen LogP contribution in [0.15, 0.2) is 36.4 Å². The second-order valence-electron chi connectivity index (χ2n) is 7.37. The lowest BCUT2D eigenvalue weighted by molar-refractivity contribution is -0.137. The van der Waals surface area contributed by atoms with Gasteiger partial charge in [0.2, 0.25) is 24.5 Å². The van der Waals surface area contributed by atoms with E-state index in [-0.39, 0.29) is 37.0 Å². The predicted molar refractivity (Wildman–Crippen MR) is 107 cm³/mol. The van der Waals surface area contributed by atoms with Gasteiger partial charge in [-0.15, -0.1) is 0 Å². The molecule has 1 saturated heterocycles. The third-order valence-electron chi connectivity index (χ3n) is 5.08. The zero-order valence-corrected chi connectivity index (χ0v) is 16.8. The predicted octanol–water partition coefficient (Wildman–Crippen LogP) is 3.38. The fraction of sp³-hybridized carbons (Fsp3) is 0.286. The van der Waals surface area contributed by atoms with Crippen LogP contribution < -0.4 is 25.0 Å². The van der Waals surface area contributed by atoms with Gasteiger partial charge >= 0.3 is 6.18 Å². The molecule has 2 aromatic carbocycles. The number of ether oxygens (including phenoxy) is 2. The maximum Gasteiger partial charge on any atom is 0.416 e. The van der Waals surface area contributed by atoms with Gasteiger partial charge in [-0.05, 0) is 30.3 Å². The van der Waals surface area contributed by atoms with Crippen molar-refractivity contribution >= 4 is 34.8 Å². The summed E-state index contributed by atoms with van der Waals surface area (Å²) >= 11 is 0. The first-order valence-corrected chi connectivity index (χ1v) is 9.61. The Bertz CT molecular complexity index is 1100. The Kier molecular flexibility index (Phi) is 5.41. The summed E-state index contributed by atoms with van der Waals surface area (Å²) in [6, 6.07) is 7.56. The van der Waals surface area contributed by atoms with Gasteiger partial charge in [-0.25, -0.2) is 0 Å². The van der Waals surface area contributed by atoms with Crippen LogP contribution in [0.5, 0.6) is 11.5 Å². The van der Waals surface area contributed by atoms with Crippen LogP contribution >= 0.6 is 0 Å². The molecule has 1 atom stereocenters. The van der Waals surface area contributed by atoms with Crippen LogP contribution in [0.3, 0.4) is 0 Å². The summed E-state index contributed by atoms with van der Waals surface area (Å²) in [6.07, 6.45) is -4.75. The molecular formula is C21H18F3N3O5. The van der Waals surface area contributed by atoms with Crippen LogP contribution in [0.2, 0.25) is 0 Å². The molecule has 1 unspecified atom stereocenters. The van der Waals surface area contributed by atoms with Gasteiger partial charge in [0.1, 0.15) is 0 Å². The van der Waals surface area contributed by atoms with E-state index in [2.05, 4.69) is 10.6 Å². The van der Waals surface area contributed by atoms with Gasteiger partial charge in [0.15, 0.2) is 11.5 Å². The minimum atomic E-state index is -4.63. The second kappa shape index (κ2) is 8.06. The molecule has 4 rings (SSSR count). The Morgan fingerprint density at radius 3 is 2.50 bits per heavy atom. The maximum absolute atomic E-state index is 13.1. The van der Waals surface area contributed by atoms with Gasteiger partial charge in [-0.1, -0.05) is 0 Å². The second-order valence-corrected chi connectivity index (χ2v) is 7.37. The van der Waals surface area contributed by atoms with Crippen LogP contribution in [0, 0.1) is 5.92 Å². The topological polar surface area (TPSA) is 97.0 Å². The summed E-state index contributed by atoms with van der Waals surface area (Å²) in [6.45, 7) is 1.31. The molecule has 8 nitrogen and oxygen atoms in total. The lowest BCUT2D eigenvalue weighted by Gasteiger charge is -2.18. The molecular weight excluding hydrogens is 431 g/mol. The zero-order valence-electron chi connectivity index (χ0n) is 16.8. The molecule has 2 aliphatic rings. The molecule has 0 spiro atoms. The van der Waals surface area contributed by atoms with Crippen molar-refractivity contribution in [1.82, 2.24) is 0 Å². The lowest BCUT2D eigenvalue weighted by atomic mass is 10.1. The summed E-state index contributed by atoms with van der Waals surface area (Å²) in [5.41, 5.74) is -0.635. The first kappa shape index (κ1) is 21.5. The van der Waals surface area contributed by atoms with Gasteiger partial charge in [-0.3, -0.25) is 14.4 Å². The van der Waals surface area contributed by atoms with Crippen LogP contribution in [0.25, 0.3) is 0 Å². The zero-order chi connectivity index (χ0) is 23.0. The first-order valence-electron chi connectivity index (χ1n) is 9.61. The molecule has 3 amide bonds. The molecule has 2 aliphatic heterocycles. The Hall–Kier alpha value is -3.76. The summed E-state index contributed by atoms with van der Waals surface area (Å²) in [7, 11) is 0. The van der Waals surface area contributed by atoms with E-state index >= 15 is 0 Å². The molecule has 0 bridgehead atoms. The van der Waals surface area contributed by atoms with Crippen LogP contribution in [-0.2, 0) is 20.6 Å². The molecule has 32 heavy (non-hydrogen) atoms. The van der Waals surface area contributed by atoms with Gasteiger partial charge in [-0.2, -0.15) is 13.2 Å². The number of halogens is 3. The molecule has 2 heterocycles. The first-order chi connectivity index (χ1) is 15.1. The van der Waals surface area contributed by atoms with Crippen molar-refractivity contribution in [2.24, 2.45) is 5.92 Å². The third kappa shape index (κ3) is 4.32. The van der Waals surface area contributed by atoms with Crippen molar-refractivity contribution < 1.29 is 37.0 Å². The summed E-state index contributed by atoms with van der Waals surface area (Å²) < 4.78 is 49.9. The van der Waals surface area contributed by atoms with Crippen LogP contribution in [0.1, 0.15) is 18.9 Å². The fourth-order valence-corrected chi connectivity index (χ4v) is 3.54. The van der Waals surface area contributed by atoms with Crippen LogP contribution in [0.4, 0.5) is 30.2 Å². The summed E-state index contributed by atoms with van der Waals surface area (Å²) in [4.78, 5) is 38.1. The van der Waals surface area contributed by atoms with E-state index in [4.69, 9.17) is 9.47 Å². The smallest absolute Gasteiger partial charge is 0.416 e. The average molecular weight is 449 g/mol. The molecule has 168 valence electrons. The fourth-order valence-electron chi connectivity index (χ4n) is 3.54. The minimum absolute atomic E-state index is 0.0239. The number of fused-ring (bicyclic) bond motifs is 1. The van der Waals surface area contributed by atoms with Crippen LogP contribution in [-0.4, -0.2) is 31.1 Å². The number of nitrogens with zero attached hydrogens (tertiary/aromatic N) is 1. The SMILES string of the molecule is CC(=O)Nc1ccc(C(F)(F)F)cc1NC(=O)C1CC(=O)N(c2ccc3c(c2)OCO3)C1. The summed E-state index contributed by atoms with van der Waals surface area (Å²) in [5, 5.41) is 4.82. The molecule has 2 aromatic rings. The number of alkyl halides is 3. The lowest BCUT2D eigenvalue weighted by Crippen LogP contribution is -2.28. The van der Waals surface area contributed by atoms with E-state index in [1.807, 2.05) is 0 Å². The van der Waals surface area contributed by atoms with Gasteiger partial charge < -0.3 is 25.0 Å². The molecule has 0 aromatic heterocycles. The molecule has 11 heteroatoms. The average Bonchev–Trinajstić information content (AvgIpc) is 3.33. The number of rotatable bonds is 4. The highest BCUT2D eigenvalue weighted by atomic mass is 19.4. The van der Waals surface area contributed by atoms with Crippen molar-refractivity contribution in [3.05, 3.63) is 42.0 Å². The van der Waals surface area contributed by atoms with Gasteiger partial charge in [0.25, 0.3) is 0 Å². The van der Waals surface area contributed by atoms with E-state index in [1.54, 1.807) is 18.2 Å². The maximum atomic E-state index is 13.1. The van der Waals surface area contributed by atoms with Crippen molar-refractivity contribution in [3.8, 4) is 11.5 Å². The number of carbonyl (C=O) groups is 3. The molecule has 1 fully saturated rings. The molecule has 0 saturated carbocycles. The molecule has 0 radical (unpaired) electrons. The third-order valence-corrected chi connectivity index (χ3v) is 5.08. The normalized spacial score (nSPS) is 17.4. The number of anilines is 3. The van der Waals surface area contributed by atoms with E-state index in [1.165, 1.54) is 11.8 Å². The van der Waals surface area contributed by atoms with E-state index in [0.29, 0.717) is 17.2 Å². The van der Waals surface area contributed by atoms with E-state index < -0.39 is 29.5 Å². The Morgan fingerprint density at radius 1 is 1.03 bits per heavy atom. The van der Waals surface area contributed by atoms with Gasteiger partial charge in [0.05, 0.1) is 22.9 Å². The number of amides is 3. The number of benzene rings is 2. The van der Waals surface area contributed by atoms with Crippen molar-refractivity contribution in [2.45, 2.75) is 19.5 Å². The Labute approximate surface area is 180 Å². The van der Waals surface area contributed by atoms with Crippen molar-refractivity contribution in [3.63, 3.8) is 0 Å². The molecule has 0 aliphatic carbocycles. The largest absolute Gasteiger partial charge is 0.454 e. The number of carbonyl (C=O) groups excluding carboxylic acids is 3. The highest BCUT2D eigenvalue weighted by molar-refractivity contribution is 6.05. The highest BCUT2D eigenvalue weighted by Crippen LogP contribution is 2.38. The number of nitrogens with one attached hydrogen (secondary N) is 2. The molecule has 2 N–H and O–H groups in total. The van der Waals surface area contributed by atoms with Crippen molar-refractivity contribution in [2.75, 3.05) is 28.9 Å². The quantitative estimate of drug-likeness (QED) is 0.746. The number of hydrogen-bond acceptors (Lipinski definition) is 5. The van der Waals surface area contributed by atoms with E-state index in [0.717, 1.165) is 18.2 Å². The van der Waals surface area contributed by atoms with E-state index in [9.17, 15) is 27.6 Å².